The van der Waals surface area contributed by atoms with Crippen molar-refractivity contribution in [1.29, 1.82) is 0 Å². The Morgan fingerprint density at radius 1 is 0.154 bits per heavy atom. The van der Waals surface area contributed by atoms with Gasteiger partial charge in [0.15, 0.2) is 11.6 Å². The van der Waals surface area contributed by atoms with Crippen molar-refractivity contribution in [1.82, 2.24) is 57.3 Å². The fraction of sp³-hybridized carbons (Fsp3) is 0. The lowest BCUT2D eigenvalue weighted by molar-refractivity contribution is 0.953. The Morgan fingerprint density at radius 3 is 0.853 bits per heavy atom. The number of fused-ring (bicyclic) bond motifs is 19. The molecule has 0 atom stereocenters. The first kappa shape index (κ1) is 78.5. The Kier molecular flexibility index (Phi) is 19.0. The summed E-state index contributed by atoms with van der Waals surface area (Å²) in [4.78, 5) is 28.7. The van der Waals surface area contributed by atoms with Gasteiger partial charge in [-0.2, -0.15) is 9.97 Å². The standard InChI is InChI=1S/C44H28N6.C41H27N3.C39H25N3/c1-4-13-29(14-5-1)42-46-43(30-15-6-2-7-16-30)48-44(47-42)50-37-21-11-10-19-34(37)41-33(20-12-22-40(41)50)31-23-24-38-35(27-31)36-28-45-26-25-39(36)49(38)32-17-8-3-9-18-32;1-3-10-28(11-4-1)29-18-21-32(22-19-29)44-37-16-8-7-14-34(37)41-33(15-9-17-40(41)44)30-20-23-38-35(26-30)36-27-42-25-24-39(36)43(38)31-12-5-2-6-13-31;1-2-11-29(12-3-1)41-36-20-18-28(24-33(36)34-25-40-22-21-37(34)41)31-14-8-16-38-39(31)32-13-6-7-15-35(32)42(38)30-19-17-26-9-4-5-10-27(26)23-30/h1-28H;1-27H;1-25H. The van der Waals surface area contributed by atoms with E-state index in [1.165, 1.54) is 115 Å². The highest BCUT2D eigenvalue weighted by molar-refractivity contribution is 6.21. The number of nitrogens with zero attached hydrogens (tertiary/aromatic N) is 12. The van der Waals surface area contributed by atoms with Gasteiger partial charge in [0.2, 0.25) is 5.95 Å². The van der Waals surface area contributed by atoms with E-state index in [1.807, 2.05) is 97.8 Å². The van der Waals surface area contributed by atoms with Gasteiger partial charge in [-0.05, 0) is 207 Å². The number of rotatable bonds is 12. The van der Waals surface area contributed by atoms with Gasteiger partial charge in [0.05, 0.1) is 66.2 Å². The van der Waals surface area contributed by atoms with Crippen molar-refractivity contribution in [3.05, 3.63) is 486 Å². The highest BCUT2D eigenvalue weighted by atomic mass is 15.2. The second-order valence-electron chi connectivity index (χ2n) is 34.5. The van der Waals surface area contributed by atoms with Crippen LogP contribution < -0.4 is 0 Å². The van der Waals surface area contributed by atoms with Gasteiger partial charge in [0.25, 0.3) is 0 Å². The third-order valence-corrected chi connectivity index (χ3v) is 26.9. The molecule has 0 aliphatic heterocycles. The third kappa shape index (κ3) is 13.2. The van der Waals surface area contributed by atoms with Crippen LogP contribution in [0.5, 0.6) is 0 Å². The Morgan fingerprint density at radius 2 is 0.441 bits per heavy atom. The van der Waals surface area contributed by atoms with Crippen LogP contribution in [0.1, 0.15) is 0 Å². The molecule has 0 radical (unpaired) electrons. The molecule has 0 bridgehead atoms. The first-order valence-corrected chi connectivity index (χ1v) is 45.9. The van der Waals surface area contributed by atoms with Gasteiger partial charge < -0.3 is 22.8 Å². The van der Waals surface area contributed by atoms with Crippen LogP contribution in [-0.2, 0) is 0 Å². The summed E-state index contributed by atoms with van der Waals surface area (Å²) in [5, 5.41) is 16.8. The van der Waals surface area contributed by atoms with Crippen LogP contribution in [0.25, 0.3) is 243 Å². The van der Waals surface area contributed by atoms with Gasteiger partial charge >= 0.3 is 0 Å². The van der Waals surface area contributed by atoms with Crippen molar-refractivity contribution in [2.75, 3.05) is 0 Å². The summed E-state index contributed by atoms with van der Waals surface area (Å²) in [6, 6.07) is 159. The molecular formula is C124H80N12. The van der Waals surface area contributed by atoms with Crippen LogP contribution in [0, 0.1) is 0 Å². The Bertz CT molecular complexity index is 9470. The van der Waals surface area contributed by atoms with E-state index in [2.05, 4.69) is 431 Å². The van der Waals surface area contributed by atoms with Crippen LogP contribution in [0.4, 0.5) is 0 Å². The summed E-state index contributed by atoms with van der Waals surface area (Å²) in [7, 11) is 0. The minimum Gasteiger partial charge on any atom is -0.309 e. The van der Waals surface area contributed by atoms with Crippen LogP contribution in [0.2, 0.25) is 0 Å². The molecule has 0 amide bonds. The van der Waals surface area contributed by atoms with Crippen molar-refractivity contribution >= 4 is 142 Å². The predicted octanol–water partition coefficient (Wildman–Crippen LogP) is 31.2. The van der Waals surface area contributed by atoms with Crippen molar-refractivity contribution in [3.63, 3.8) is 0 Å². The van der Waals surface area contributed by atoms with Crippen molar-refractivity contribution in [2.24, 2.45) is 0 Å². The van der Waals surface area contributed by atoms with Crippen LogP contribution in [0.3, 0.4) is 0 Å². The normalized spacial score (nSPS) is 11.7. The second kappa shape index (κ2) is 32.8. The Labute approximate surface area is 781 Å². The van der Waals surface area contributed by atoms with Crippen molar-refractivity contribution in [3.8, 4) is 102 Å². The third-order valence-electron chi connectivity index (χ3n) is 26.9. The van der Waals surface area contributed by atoms with E-state index in [4.69, 9.17) is 15.0 Å². The zero-order valence-corrected chi connectivity index (χ0v) is 73.6. The summed E-state index contributed by atoms with van der Waals surface area (Å²) in [6.07, 6.45) is 11.6. The largest absolute Gasteiger partial charge is 0.309 e. The molecule has 0 unspecified atom stereocenters. The SMILES string of the molecule is c1ccc(-c2ccc(-n3c4ccccc4c4c(-c5ccc6c(c5)c5cnccc5n6-c5ccccc5)cccc43)cc2)cc1.c1ccc(-c2nc(-c3ccccc3)nc(-n3c4ccccc4c4c(-c5ccc6c(c5)c5cnccc5n6-c5ccccc5)cccc43)n2)cc1.c1ccc(-n2c3ccncc3c3cc(-c4cccc5c4c4ccccc4n5-c4ccc5ccccc5c4)ccc32)cc1. The second-order valence-corrected chi connectivity index (χ2v) is 34.5. The average molecular weight is 1740 g/mol. The number of pyridine rings is 3. The van der Waals surface area contributed by atoms with E-state index in [-0.39, 0.29) is 0 Å². The summed E-state index contributed by atoms with van der Waals surface area (Å²) in [6.45, 7) is 0. The van der Waals surface area contributed by atoms with Crippen LogP contribution in [0.15, 0.2) is 486 Å². The zero-order chi connectivity index (χ0) is 89.7. The number of hydrogen-bond acceptors (Lipinski definition) is 6. The maximum atomic E-state index is 5.11. The Balaban J connectivity index is 0.000000106. The summed E-state index contributed by atoms with van der Waals surface area (Å²) >= 11 is 0. The fourth-order valence-corrected chi connectivity index (χ4v) is 20.9. The molecule has 0 fully saturated rings. The quantitative estimate of drug-likeness (QED) is 0.121. The smallest absolute Gasteiger partial charge is 0.238 e. The topological polar surface area (TPSA) is 107 Å². The van der Waals surface area contributed by atoms with E-state index in [1.54, 1.807) is 0 Å². The van der Waals surface area contributed by atoms with Gasteiger partial charge in [-0.3, -0.25) is 19.5 Å². The molecule has 0 aliphatic carbocycles. The molecule has 18 aromatic carbocycles. The van der Waals surface area contributed by atoms with E-state index < -0.39 is 0 Å². The molecule has 0 N–H and O–H groups in total. The molecule has 12 heteroatoms. The molecule has 10 heterocycles. The summed E-state index contributed by atoms with van der Waals surface area (Å²) in [5.74, 6) is 1.84. The number of benzene rings is 18. The number of hydrogen-bond donors (Lipinski definition) is 0. The first-order chi connectivity index (χ1) is 67.5. The average Bonchev–Trinajstić information content (AvgIpc) is 1.56. The highest BCUT2D eigenvalue weighted by Gasteiger charge is 2.26. The molecule has 10 aromatic heterocycles. The van der Waals surface area contributed by atoms with Crippen LogP contribution in [-0.4, -0.2) is 57.3 Å². The van der Waals surface area contributed by atoms with Crippen molar-refractivity contribution in [2.45, 2.75) is 0 Å². The lowest BCUT2D eigenvalue weighted by atomic mass is 9.98. The van der Waals surface area contributed by atoms with Gasteiger partial charge in [-0.1, -0.05) is 297 Å². The van der Waals surface area contributed by atoms with Crippen molar-refractivity contribution < 1.29 is 0 Å². The summed E-state index contributed by atoms with van der Waals surface area (Å²) < 4.78 is 14.0. The molecule has 0 saturated carbocycles. The van der Waals surface area contributed by atoms with E-state index in [0.717, 1.165) is 110 Å². The predicted molar refractivity (Wildman–Crippen MR) is 562 cm³/mol. The molecule has 0 saturated heterocycles. The molecule has 636 valence electrons. The monoisotopic (exact) mass is 1740 g/mol. The molecule has 136 heavy (non-hydrogen) atoms. The van der Waals surface area contributed by atoms with E-state index in [0.29, 0.717) is 17.6 Å². The number of para-hydroxylation sites is 6. The van der Waals surface area contributed by atoms with Gasteiger partial charge in [-0.25, -0.2) is 4.98 Å². The lowest BCUT2D eigenvalue weighted by Crippen LogP contribution is -2.06. The molecular weight excluding hydrogens is 1660 g/mol. The maximum Gasteiger partial charge on any atom is 0.238 e. The Hall–Kier alpha value is -18.5. The number of aromatic nitrogens is 12. The minimum atomic E-state index is 0.577. The van der Waals surface area contributed by atoms with E-state index in [9.17, 15) is 0 Å². The zero-order valence-electron chi connectivity index (χ0n) is 73.6. The molecule has 12 nitrogen and oxygen atoms in total. The van der Waals surface area contributed by atoms with Gasteiger partial charge in [0, 0.05) is 141 Å². The highest BCUT2D eigenvalue weighted by Crippen LogP contribution is 2.47. The minimum absolute atomic E-state index is 0.577. The molecule has 28 rings (SSSR count). The fourth-order valence-electron chi connectivity index (χ4n) is 20.9. The van der Waals surface area contributed by atoms with Gasteiger partial charge in [0.1, 0.15) is 0 Å². The van der Waals surface area contributed by atoms with Crippen LogP contribution >= 0.6 is 0 Å². The maximum absolute atomic E-state index is 5.11. The molecule has 0 aliphatic rings. The summed E-state index contributed by atoms with van der Waals surface area (Å²) in [5.41, 5.74) is 31.0. The van der Waals surface area contributed by atoms with Gasteiger partial charge in [-0.15, -0.1) is 0 Å². The molecule has 0 spiro atoms. The lowest BCUT2D eigenvalue weighted by Gasteiger charge is -2.11. The van der Waals surface area contributed by atoms with E-state index >= 15 is 0 Å². The first-order valence-electron chi connectivity index (χ1n) is 45.9. The molecule has 28 aromatic rings.